The largest absolute Gasteiger partial charge is 0.507 e. The Balaban J connectivity index is 2.85. The molecule has 7 heteroatoms. The molecule has 6 nitrogen and oxygen atoms in total. The number of phenolic OH excluding ortho intramolecular Hbond substituents is 1. The number of hydrogen-bond acceptors (Lipinski definition) is 4. The number of nitrogens with two attached hydrogens (primary N) is 1. The van der Waals surface area contributed by atoms with Crippen molar-refractivity contribution in [3.63, 3.8) is 0 Å². The molecule has 0 aliphatic heterocycles. The first-order valence-electron chi connectivity index (χ1n) is 4.66. The lowest BCUT2D eigenvalue weighted by Gasteiger charge is -2.16. The van der Waals surface area contributed by atoms with Gasteiger partial charge in [0.15, 0.2) is 5.84 Å². The SMILES string of the molecule is CN(C/C(N)=N/O)C(=O)c1ccc(Br)c(O)c1. The van der Waals surface area contributed by atoms with Gasteiger partial charge in [0, 0.05) is 12.6 Å². The number of amidine groups is 1. The Labute approximate surface area is 106 Å². The van der Waals surface area contributed by atoms with Crippen molar-refractivity contribution in [2.75, 3.05) is 13.6 Å². The van der Waals surface area contributed by atoms with Gasteiger partial charge in [0.1, 0.15) is 5.75 Å². The molecule has 0 aromatic heterocycles. The number of likely N-dealkylation sites (N-methyl/N-ethyl adjacent to an activating group) is 1. The number of hydrogen-bond donors (Lipinski definition) is 3. The van der Waals surface area contributed by atoms with E-state index in [1.165, 1.54) is 18.0 Å². The Morgan fingerprint density at radius 2 is 2.24 bits per heavy atom. The first-order valence-corrected chi connectivity index (χ1v) is 5.45. The van der Waals surface area contributed by atoms with Gasteiger partial charge in [-0.25, -0.2) is 0 Å². The number of carbonyl (C=O) groups excluding carboxylic acids is 1. The van der Waals surface area contributed by atoms with Crippen molar-refractivity contribution < 1.29 is 15.1 Å². The molecule has 1 amide bonds. The van der Waals surface area contributed by atoms with Gasteiger partial charge in [-0.2, -0.15) is 0 Å². The molecule has 0 aliphatic carbocycles. The molecule has 0 saturated carbocycles. The van der Waals surface area contributed by atoms with Crippen LogP contribution < -0.4 is 5.73 Å². The van der Waals surface area contributed by atoms with E-state index in [9.17, 15) is 9.90 Å². The number of aromatic hydroxyl groups is 1. The third-order valence-corrected chi connectivity index (χ3v) is 2.74. The minimum atomic E-state index is -0.334. The quantitative estimate of drug-likeness (QED) is 0.335. The average Bonchev–Trinajstić information content (AvgIpc) is 2.31. The highest BCUT2D eigenvalue weighted by Gasteiger charge is 2.14. The van der Waals surface area contributed by atoms with E-state index in [1.807, 2.05) is 0 Å². The average molecular weight is 302 g/mol. The second-order valence-corrected chi connectivity index (χ2v) is 4.27. The van der Waals surface area contributed by atoms with Gasteiger partial charge in [-0.05, 0) is 34.1 Å². The van der Waals surface area contributed by atoms with Gasteiger partial charge in [0.05, 0.1) is 11.0 Å². The highest BCUT2D eigenvalue weighted by Crippen LogP contribution is 2.24. The molecule has 1 aromatic rings. The fourth-order valence-corrected chi connectivity index (χ4v) is 1.46. The zero-order chi connectivity index (χ0) is 13.0. The van der Waals surface area contributed by atoms with E-state index in [4.69, 9.17) is 10.9 Å². The number of halogens is 1. The summed E-state index contributed by atoms with van der Waals surface area (Å²) in [5.74, 6) is -0.422. The highest BCUT2D eigenvalue weighted by molar-refractivity contribution is 9.10. The maximum Gasteiger partial charge on any atom is 0.254 e. The van der Waals surface area contributed by atoms with Gasteiger partial charge in [-0.15, -0.1) is 0 Å². The maximum absolute atomic E-state index is 11.9. The van der Waals surface area contributed by atoms with Crippen molar-refractivity contribution >= 4 is 27.7 Å². The summed E-state index contributed by atoms with van der Waals surface area (Å²) < 4.78 is 0.508. The number of benzene rings is 1. The monoisotopic (exact) mass is 301 g/mol. The molecule has 0 saturated heterocycles. The summed E-state index contributed by atoms with van der Waals surface area (Å²) in [6, 6.07) is 4.48. The second-order valence-electron chi connectivity index (χ2n) is 3.42. The Kier molecular flexibility index (Phi) is 4.33. The molecule has 0 bridgehead atoms. The predicted molar refractivity (Wildman–Crippen MR) is 66.2 cm³/mol. The van der Waals surface area contributed by atoms with Crippen LogP contribution in [0.1, 0.15) is 10.4 Å². The fourth-order valence-electron chi connectivity index (χ4n) is 1.21. The van der Waals surface area contributed by atoms with Gasteiger partial charge < -0.3 is 20.9 Å². The van der Waals surface area contributed by atoms with Gasteiger partial charge in [-0.3, -0.25) is 4.79 Å². The van der Waals surface area contributed by atoms with E-state index in [0.29, 0.717) is 10.0 Å². The number of oxime groups is 1. The van der Waals surface area contributed by atoms with Crippen LogP contribution in [-0.4, -0.2) is 40.5 Å². The van der Waals surface area contributed by atoms with Gasteiger partial charge in [-0.1, -0.05) is 5.16 Å². The second kappa shape index (κ2) is 5.53. The summed E-state index contributed by atoms with van der Waals surface area (Å²) in [5.41, 5.74) is 5.61. The Morgan fingerprint density at radius 1 is 1.59 bits per heavy atom. The van der Waals surface area contributed by atoms with Crippen LogP contribution in [0.4, 0.5) is 0 Å². The lowest BCUT2D eigenvalue weighted by Crippen LogP contribution is -2.35. The molecule has 0 fully saturated rings. The van der Waals surface area contributed by atoms with Crippen molar-refractivity contribution in [2.45, 2.75) is 0 Å². The molecule has 0 unspecified atom stereocenters. The van der Waals surface area contributed by atoms with Gasteiger partial charge in [0.2, 0.25) is 0 Å². The van der Waals surface area contributed by atoms with E-state index >= 15 is 0 Å². The fraction of sp³-hybridized carbons (Fsp3) is 0.200. The maximum atomic E-state index is 11.9. The third-order valence-electron chi connectivity index (χ3n) is 2.07. The van der Waals surface area contributed by atoms with Crippen LogP contribution in [-0.2, 0) is 0 Å². The Bertz CT molecular complexity index is 462. The Hall–Kier alpha value is -1.76. The number of nitrogens with zero attached hydrogens (tertiary/aromatic N) is 2. The summed E-state index contributed by atoms with van der Waals surface area (Å²) in [6.07, 6.45) is 0. The summed E-state index contributed by atoms with van der Waals surface area (Å²) in [6.45, 7) is 0.00611. The van der Waals surface area contributed by atoms with Gasteiger partial charge in [0.25, 0.3) is 5.91 Å². The molecule has 0 spiro atoms. The number of phenols is 1. The minimum Gasteiger partial charge on any atom is -0.507 e. The zero-order valence-corrected chi connectivity index (χ0v) is 10.7. The van der Waals surface area contributed by atoms with Crippen LogP contribution in [0, 0.1) is 0 Å². The molecule has 1 rings (SSSR count). The van der Waals surface area contributed by atoms with Crippen molar-refractivity contribution in [1.82, 2.24) is 4.90 Å². The van der Waals surface area contributed by atoms with Crippen LogP contribution >= 0.6 is 15.9 Å². The minimum absolute atomic E-state index is 0.00611. The Morgan fingerprint density at radius 3 is 2.76 bits per heavy atom. The molecule has 0 atom stereocenters. The molecule has 92 valence electrons. The van der Waals surface area contributed by atoms with Gasteiger partial charge >= 0.3 is 0 Å². The lowest BCUT2D eigenvalue weighted by atomic mass is 10.2. The lowest BCUT2D eigenvalue weighted by molar-refractivity contribution is 0.0813. The normalized spacial score (nSPS) is 11.3. The number of rotatable bonds is 3. The topological polar surface area (TPSA) is 99.1 Å². The molecule has 0 radical (unpaired) electrons. The number of amides is 1. The van der Waals surface area contributed by atoms with Crippen molar-refractivity contribution in [3.8, 4) is 5.75 Å². The molecule has 0 heterocycles. The first kappa shape index (κ1) is 13.3. The molecule has 1 aromatic carbocycles. The van der Waals surface area contributed by atoms with E-state index in [2.05, 4.69) is 21.1 Å². The molecular formula is C10H12BrN3O3. The molecular weight excluding hydrogens is 290 g/mol. The first-order chi connectivity index (χ1) is 7.95. The van der Waals surface area contributed by atoms with E-state index in [1.54, 1.807) is 12.1 Å². The van der Waals surface area contributed by atoms with Crippen LogP contribution in [0.25, 0.3) is 0 Å². The number of carbonyl (C=O) groups is 1. The van der Waals surface area contributed by atoms with Crippen LogP contribution in [0.15, 0.2) is 27.8 Å². The summed E-state index contributed by atoms with van der Waals surface area (Å²) in [7, 11) is 1.51. The van der Waals surface area contributed by atoms with E-state index in [0.717, 1.165) is 0 Å². The van der Waals surface area contributed by atoms with Crippen molar-refractivity contribution in [1.29, 1.82) is 0 Å². The van der Waals surface area contributed by atoms with Crippen molar-refractivity contribution in [2.24, 2.45) is 10.9 Å². The van der Waals surface area contributed by atoms with E-state index in [-0.39, 0.29) is 24.0 Å². The predicted octanol–water partition coefficient (Wildman–Crippen LogP) is 0.973. The van der Waals surface area contributed by atoms with Crippen LogP contribution in [0.3, 0.4) is 0 Å². The van der Waals surface area contributed by atoms with Crippen LogP contribution in [0.2, 0.25) is 0 Å². The smallest absolute Gasteiger partial charge is 0.254 e. The summed E-state index contributed by atoms with van der Waals surface area (Å²) >= 11 is 3.12. The third kappa shape index (κ3) is 3.35. The summed E-state index contributed by atoms with van der Waals surface area (Å²) in [4.78, 5) is 13.1. The summed E-state index contributed by atoms with van der Waals surface area (Å²) in [5, 5.41) is 20.6. The van der Waals surface area contributed by atoms with Crippen LogP contribution in [0.5, 0.6) is 5.75 Å². The molecule has 0 aliphatic rings. The highest BCUT2D eigenvalue weighted by atomic mass is 79.9. The molecule has 4 N–H and O–H groups in total. The molecule has 17 heavy (non-hydrogen) atoms. The van der Waals surface area contributed by atoms with E-state index < -0.39 is 0 Å². The zero-order valence-electron chi connectivity index (χ0n) is 9.09. The standard InChI is InChI=1S/C10H12BrN3O3/c1-14(5-9(12)13-17)10(16)6-2-3-7(11)8(15)4-6/h2-4,15,17H,5H2,1H3,(H2,12,13). The van der Waals surface area contributed by atoms with Crippen molar-refractivity contribution in [3.05, 3.63) is 28.2 Å².